The first kappa shape index (κ1) is 19.8. The van der Waals surface area contributed by atoms with Gasteiger partial charge in [-0.2, -0.15) is 0 Å². The summed E-state index contributed by atoms with van der Waals surface area (Å²) < 4.78 is 16.2. The molecule has 0 radical (unpaired) electrons. The zero-order valence-corrected chi connectivity index (χ0v) is 16.6. The van der Waals surface area contributed by atoms with Gasteiger partial charge in [0.25, 0.3) is 0 Å². The molecular weight excluding hydrogens is 346 g/mol. The number of nitrogens with one attached hydrogen (secondary N) is 1. The van der Waals surface area contributed by atoms with Gasteiger partial charge in [0.05, 0.1) is 13.2 Å². The van der Waals surface area contributed by atoms with Gasteiger partial charge in [-0.25, -0.2) is 4.79 Å². The standard InChI is InChI=1S/C20H31N3O4/c1-20(2,3)27-19(24)21-8-9-22-10-12-23(13-11-22)16-4-6-17(7-5-16)26-18-14-25-15-18/h4-7,18H,8-15H2,1-3H3,(H,21,24). The molecule has 2 aliphatic heterocycles. The van der Waals surface area contributed by atoms with E-state index < -0.39 is 5.60 Å². The Balaban J connectivity index is 1.35. The minimum Gasteiger partial charge on any atom is -0.486 e. The molecule has 0 saturated carbocycles. The van der Waals surface area contributed by atoms with Crippen molar-refractivity contribution in [1.82, 2.24) is 10.2 Å². The zero-order chi connectivity index (χ0) is 19.3. The molecule has 2 heterocycles. The number of anilines is 1. The zero-order valence-electron chi connectivity index (χ0n) is 16.6. The number of amides is 1. The highest BCUT2D eigenvalue weighted by Crippen LogP contribution is 2.22. The number of hydrogen-bond acceptors (Lipinski definition) is 6. The minimum absolute atomic E-state index is 0.202. The van der Waals surface area contributed by atoms with Gasteiger partial charge in [-0.05, 0) is 45.0 Å². The van der Waals surface area contributed by atoms with Crippen LogP contribution in [0.15, 0.2) is 24.3 Å². The monoisotopic (exact) mass is 377 g/mol. The Hall–Kier alpha value is -1.99. The summed E-state index contributed by atoms with van der Waals surface area (Å²) in [5, 5.41) is 2.82. The first-order valence-corrected chi connectivity index (χ1v) is 9.68. The fourth-order valence-corrected chi connectivity index (χ4v) is 3.07. The number of rotatable bonds is 6. The van der Waals surface area contributed by atoms with E-state index in [1.165, 1.54) is 5.69 Å². The molecule has 27 heavy (non-hydrogen) atoms. The number of hydrogen-bond donors (Lipinski definition) is 1. The van der Waals surface area contributed by atoms with Gasteiger partial charge in [-0.1, -0.05) is 0 Å². The number of ether oxygens (including phenoxy) is 3. The Morgan fingerprint density at radius 3 is 2.37 bits per heavy atom. The molecule has 7 nitrogen and oxygen atoms in total. The summed E-state index contributed by atoms with van der Waals surface area (Å²) in [5.41, 5.74) is 0.765. The fraction of sp³-hybridized carbons (Fsp3) is 0.650. The lowest BCUT2D eigenvalue weighted by Crippen LogP contribution is -2.48. The summed E-state index contributed by atoms with van der Waals surface area (Å²) in [6.07, 6.45) is -0.148. The molecule has 150 valence electrons. The van der Waals surface area contributed by atoms with Crippen LogP contribution in [0.3, 0.4) is 0 Å². The third kappa shape index (κ3) is 6.29. The number of benzene rings is 1. The van der Waals surface area contributed by atoms with Crippen LogP contribution >= 0.6 is 0 Å². The average Bonchev–Trinajstić information content (AvgIpc) is 2.58. The number of piperazine rings is 1. The van der Waals surface area contributed by atoms with Crippen LogP contribution in [0.5, 0.6) is 5.75 Å². The largest absolute Gasteiger partial charge is 0.486 e. The molecule has 0 bridgehead atoms. The topological polar surface area (TPSA) is 63.3 Å². The Labute approximate surface area is 161 Å². The van der Waals surface area contributed by atoms with Gasteiger partial charge in [0.1, 0.15) is 17.5 Å². The molecule has 1 aromatic rings. The van der Waals surface area contributed by atoms with Crippen LogP contribution in [0.2, 0.25) is 0 Å². The minimum atomic E-state index is -0.456. The maximum Gasteiger partial charge on any atom is 0.407 e. The molecular formula is C20H31N3O4. The van der Waals surface area contributed by atoms with E-state index in [1.54, 1.807) is 0 Å². The van der Waals surface area contributed by atoms with Gasteiger partial charge in [0, 0.05) is 45.0 Å². The maximum absolute atomic E-state index is 11.7. The van der Waals surface area contributed by atoms with Crippen molar-refractivity contribution in [3.63, 3.8) is 0 Å². The summed E-state index contributed by atoms with van der Waals surface area (Å²) in [6, 6.07) is 8.30. The van der Waals surface area contributed by atoms with Crippen LogP contribution in [0.1, 0.15) is 20.8 Å². The van der Waals surface area contributed by atoms with E-state index in [4.69, 9.17) is 14.2 Å². The summed E-state index contributed by atoms with van der Waals surface area (Å²) >= 11 is 0. The van der Waals surface area contributed by atoms with Crippen molar-refractivity contribution >= 4 is 11.8 Å². The molecule has 1 amide bonds. The van der Waals surface area contributed by atoms with E-state index in [0.717, 1.165) is 38.5 Å². The molecule has 2 fully saturated rings. The van der Waals surface area contributed by atoms with E-state index in [-0.39, 0.29) is 12.2 Å². The van der Waals surface area contributed by atoms with Crippen LogP contribution in [0.25, 0.3) is 0 Å². The fourth-order valence-electron chi connectivity index (χ4n) is 3.07. The lowest BCUT2D eigenvalue weighted by Gasteiger charge is -2.36. The molecule has 0 spiro atoms. The lowest BCUT2D eigenvalue weighted by molar-refractivity contribution is -0.0796. The average molecular weight is 377 g/mol. The van der Waals surface area contributed by atoms with Crippen LogP contribution in [0, 0.1) is 0 Å². The normalized spacial score (nSPS) is 18.7. The second kappa shape index (κ2) is 8.80. The van der Waals surface area contributed by atoms with E-state index >= 15 is 0 Å². The Kier molecular flexibility index (Phi) is 6.44. The highest BCUT2D eigenvalue weighted by molar-refractivity contribution is 5.67. The second-order valence-electron chi connectivity index (χ2n) is 8.03. The first-order chi connectivity index (χ1) is 12.9. The molecule has 7 heteroatoms. The molecule has 2 aliphatic rings. The quantitative estimate of drug-likeness (QED) is 0.819. The van der Waals surface area contributed by atoms with Crippen molar-refractivity contribution in [1.29, 1.82) is 0 Å². The van der Waals surface area contributed by atoms with Crippen molar-refractivity contribution in [3.05, 3.63) is 24.3 Å². The van der Waals surface area contributed by atoms with Gasteiger partial charge in [-0.3, -0.25) is 4.90 Å². The van der Waals surface area contributed by atoms with Gasteiger partial charge in [-0.15, -0.1) is 0 Å². The lowest BCUT2D eigenvalue weighted by atomic mass is 10.2. The number of carbonyl (C=O) groups is 1. The molecule has 3 rings (SSSR count). The summed E-state index contributed by atoms with van der Waals surface area (Å²) in [5.74, 6) is 0.902. The molecule has 0 aromatic heterocycles. The van der Waals surface area contributed by atoms with E-state index in [1.807, 2.05) is 32.9 Å². The van der Waals surface area contributed by atoms with Crippen molar-refractivity contribution in [3.8, 4) is 5.75 Å². The third-order valence-electron chi connectivity index (χ3n) is 4.58. The van der Waals surface area contributed by atoms with Crippen LogP contribution in [0.4, 0.5) is 10.5 Å². The van der Waals surface area contributed by atoms with Crippen LogP contribution < -0.4 is 15.0 Å². The third-order valence-corrected chi connectivity index (χ3v) is 4.58. The first-order valence-electron chi connectivity index (χ1n) is 9.68. The Morgan fingerprint density at radius 1 is 1.15 bits per heavy atom. The predicted octanol–water partition coefficient (Wildman–Crippen LogP) is 2.11. The van der Waals surface area contributed by atoms with Gasteiger partial charge < -0.3 is 24.4 Å². The van der Waals surface area contributed by atoms with Crippen molar-refractivity contribution in [2.45, 2.75) is 32.5 Å². The predicted molar refractivity (Wildman–Crippen MR) is 105 cm³/mol. The number of carbonyl (C=O) groups excluding carboxylic acids is 1. The van der Waals surface area contributed by atoms with Crippen LogP contribution in [-0.4, -0.2) is 75.2 Å². The van der Waals surface area contributed by atoms with E-state index in [0.29, 0.717) is 19.8 Å². The van der Waals surface area contributed by atoms with Gasteiger partial charge in [0.2, 0.25) is 0 Å². The summed E-state index contributed by atoms with van der Waals surface area (Å²) in [6.45, 7) is 12.3. The number of alkyl carbamates (subject to hydrolysis) is 1. The molecule has 1 N–H and O–H groups in total. The van der Waals surface area contributed by atoms with Gasteiger partial charge in [0.15, 0.2) is 0 Å². The van der Waals surface area contributed by atoms with Crippen molar-refractivity contribution in [2.75, 3.05) is 57.4 Å². The van der Waals surface area contributed by atoms with Crippen molar-refractivity contribution in [2.24, 2.45) is 0 Å². The molecule has 0 atom stereocenters. The van der Waals surface area contributed by atoms with Crippen LogP contribution in [-0.2, 0) is 9.47 Å². The van der Waals surface area contributed by atoms with E-state index in [9.17, 15) is 4.79 Å². The summed E-state index contributed by atoms with van der Waals surface area (Å²) in [7, 11) is 0. The Morgan fingerprint density at radius 2 is 1.81 bits per heavy atom. The molecule has 2 saturated heterocycles. The van der Waals surface area contributed by atoms with Gasteiger partial charge >= 0.3 is 6.09 Å². The maximum atomic E-state index is 11.7. The highest BCUT2D eigenvalue weighted by atomic mass is 16.6. The van der Waals surface area contributed by atoms with Crippen molar-refractivity contribution < 1.29 is 19.0 Å². The molecule has 0 unspecified atom stereocenters. The number of nitrogens with zero attached hydrogens (tertiary/aromatic N) is 2. The SMILES string of the molecule is CC(C)(C)OC(=O)NCCN1CCN(c2ccc(OC3COC3)cc2)CC1. The van der Waals surface area contributed by atoms with E-state index in [2.05, 4.69) is 27.2 Å². The highest BCUT2D eigenvalue weighted by Gasteiger charge is 2.21. The Bertz CT molecular complexity index is 603. The second-order valence-corrected chi connectivity index (χ2v) is 8.03. The molecule has 0 aliphatic carbocycles. The molecule has 1 aromatic carbocycles. The summed E-state index contributed by atoms with van der Waals surface area (Å²) in [4.78, 5) is 16.4. The smallest absolute Gasteiger partial charge is 0.407 e.